The van der Waals surface area contributed by atoms with E-state index >= 15 is 0 Å². The summed E-state index contributed by atoms with van der Waals surface area (Å²) in [5.74, 6) is -6.63. The Morgan fingerprint density at radius 1 is 0.945 bits per heavy atom. The molecule has 1 aromatic carbocycles. The van der Waals surface area contributed by atoms with Crippen LogP contribution in [-0.2, 0) is 28.6 Å². The second-order valence-corrected chi connectivity index (χ2v) is 15.3. The van der Waals surface area contributed by atoms with Gasteiger partial charge < -0.3 is 81.0 Å². The van der Waals surface area contributed by atoms with Gasteiger partial charge in [0.05, 0.1) is 30.8 Å². The van der Waals surface area contributed by atoms with Gasteiger partial charge in [-0.2, -0.15) is 0 Å². The van der Waals surface area contributed by atoms with Crippen molar-refractivity contribution in [3.05, 3.63) is 29.3 Å². The molecule has 2 aliphatic carbocycles. The highest BCUT2D eigenvalue weighted by Crippen LogP contribution is 2.55. The third-order valence-corrected chi connectivity index (χ3v) is 12.1. The predicted octanol–water partition coefficient (Wildman–Crippen LogP) is -5.74. The zero-order valence-electron chi connectivity index (χ0n) is 29.2. The van der Waals surface area contributed by atoms with Crippen LogP contribution >= 0.6 is 11.8 Å². The molecule has 3 fully saturated rings. The molecule has 0 spiro atoms. The number of carboxylic acid groups (broad SMARTS) is 1. The largest absolute Gasteiger partial charge is 0.507 e. The van der Waals surface area contributed by atoms with E-state index in [1.165, 1.54) is 19.1 Å². The summed E-state index contributed by atoms with van der Waals surface area (Å²) in [6.07, 6.45) is -23.8. The van der Waals surface area contributed by atoms with Gasteiger partial charge in [0, 0.05) is 18.2 Å². The number of carboxylic acids is 1. The molecule has 2 amide bonds. The molecule has 0 radical (unpaired) electrons. The van der Waals surface area contributed by atoms with E-state index in [-0.39, 0.29) is 5.56 Å². The number of rotatable bonds is 11. The van der Waals surface area contributed by atoms with Crippen LogP contribution < -0.4 is 10.6 Å². The molecule has 13 N–H and O–H groups in total. The number of aliphatic hydroxyl groups excluding tert-OH is 8. The van der Waals surface area contributed by atoms with Crippen LogP contribution in [0.4, 0.5) is 0 Å². The number of thioether (sulfide) groups is 1. The molecule has 0 bridgehead atoms. The zero-order chi connectivity index (χ0) is 40.9. The minimum Gasteiger partial charge on any atom is -0.507 e. The summed E-state index contributed by atoms with van der Waals surface area (Å²) in [4.78, 5) is 66.6. The second-order valence-electron chi connectivity index (χ2n) is 14.0. The summed E-state index contributed by atoms with van der Waals surface area (Å²) >= 11 is 0.516. The van der Waals surface area contributed by atoms with E-state index in [0.717, 1.165) is 13.0 Å². The Bertz CT molecular complexity index is 1650. The lowest BCUT2D eigenvalue weighted by atomic mass is 9.64. The number of phenolic OH excluding ortho intramolecular Hbond substituents is 1. The van der Waals surface area contributed by atoms with E-state index in [4.69, 9.17) is 14.2 Å². The number of phenols is 1. The van der Waals surface area contributed by atoms with Gasteiger partial charge in [-0.05, 0) is 19.4 Å². The molecule has 1 aromatic rings. The smallest absolute Gasteiger partial charge is 0.305 e. The number of ether oxygens (including phenoxy) is 3. The van der Waals surface area contributed by atoms with Crippen LogP contribution in [0, 0.1) is 0 Å². The fourth-order valence-electron chi connectivity index (χ4n) is 7.58. The van der Waals surface area contributed by atoms with Crippen molar-refractivity contribution in [2.75, 3.05) is 12.4 Å². The monoisotopic (exact) mass is 804 g/mol. The van der Waals surface area contributed by atoms with Crippen molar-refractivity contribution in [2.24, 2.45) is 0 Å². The molecule has 4 unspecified atom stereocenters. The Morgan fingerprint density at radius 2 is 1.56 bits per heavy atom. The first-order valence-electron chi connectivity index (χ1n) is 17.1. The standard InChI is InChI=1S/C33H44N2O19S/c1-10-33(51)29(49)18-13(4-3-5-15(18)38)28(48)32(33,7-12(52-10)6-17(39)40)55-9-14(34-11(2)37)30(50)35-19-21(42)20(41)16(8-36)53-31(19)54-27-25(46)23(44)22(43)24(45)26(27)47/h3-5,10,12,14,16,19-27,31,36,38,41-47,51H,6-9H2,1-2H3,(H,34,37)(H,35,50)(H,39,40)/t10-,12-,14+,16+,19+,20+,21+,22?,23-,24+,25+,26+,27?,31+,32?,33?/m0/s1. The van der Waals surface area contributed by atoms with E-state index in [9.17, 15) is 80.1 Å². The van der Waals surface area contributed by atoms with Crippen molar-refractivity contribution < 1.29 is 94.4 Å². The van der Waals surface area contributed by atoms with Crippen LogP contribution in [0.15, 0.2) is 18.2 Å². The SMILES string of the molecule is CC(=O)N[C@H](CSC12C[C@H](CC(=O)O)O[C@@H](C)C1(O)C(=O)c1c(O)cccc1C2=O)C(=O)N[C@H]1[C@@H](OC2[C@H](O)[C@H](O)C(O)[C@H](O)[C@H]2O)O[C@H](CO)[C@@H](O)[C@@H]1O. The average molecular weight is 805 g/mol. The fourth-order valence-corrected chi connectivity index (χ4v) is 9.29. The number of fused-ring (bicyclic) bond motifs is 2. The lowest BCUT2D eigenvalue weighted by Gasteiger charge is -2.55. The first kappa shape index (κ1) is 42.8. The molecule has 22 heteroatoms. The molecule has 2 aliphatic heterocycles. The maximum Gasteiger partial charge on any atom is 0.305 e. The first-order chi connectivity index (χ1) is 25.7. The van der Waals surface area contributed by atoms with Gasteiger partial charge in [-0.15, -0.1) is 11.8 Å². The number of hydrogen-bond donors (Lipinski definition) is 13. The van der Waals surface area contributed by atoms with Gasteiger partial charge in [0.25, 0.3) is 0 Å². The number of carbonyl (C=O) groups excluding carboxylic acids is 4. The molecular weight excluding hydrogens is 760 g/mol. The molecule has 55 heavy (non-hydrogen) atoms. The summed E-state index contributed by atoms with van der Waals surface area (Å²) in [5.41, 5.74) is -3.57. The summed E-state index contributed by atoms with van der Waals surface area (Å²) in [7, 11) is 0. The van der Waals surface area contributed by atoms with Gasteiger partial charge in [-0.1, -0.05) is 12.1 Å². The molecule has 1 saturated carbocycles. The Morgan fingerprint density at radius 3 is 2.15 bits per heavy atom. The van der Waals surface area contributed by atoms with Crippen LogP contribution in [0.25, 0.3) is 0 Å². The Hall–Kier alpha value is -3.36. The van der Waals surface area contributed by atoms with Crippen LogP contribution in [0.1, 0.15) is 47.4 Å². The van der Waals surface area contributed by atoms with Gasteiger partial charge >= 0.3 is 5.97 Å². The molecule has 2 saturated heterocycles. The van der Waals surface area contributed by atoms with Gasteiger partial charge in [0.1, 0.15) is 77.5 Å². The number of Topliss-reactive ketones (excluding diaryl/α,β-unsaturated/α-hetero) is 2. The van der Waals surface area contributed by atoms with Crippen molar-refractivity contribution in [3.8, 4) is 5.75 Å². The van der Waals surface area contributed by atoms with Crippen LogP contribution in [-0.4, -0.2) is 194 Å². The van der Waals surface area contributed by atoms with Crippen molar-refractivity contribution >= 4 is 41.1 Å². The molecule has 2 heterocycles. The summed E-state index contributed by atoms with van der Waals surface area (Å²) in [5, 5.41) is 120. The molecule has 5 rings (SSSR count). The van der Waals surface area contributed by atoms with E-state index < -0.39 is 162 Å². The fraction of sp³-hybridized carbons (Fsp3) is 0.667. The predicted molar refractivity (Wildman–Crippen MR) is 180 cm³/mol. The third kappa shape index (κ3) is 7.47. The first-order valence-corrected chi connectivity index (χ1v) is 18.1. The minimum atomic E-state index is -2.76. The van der Waals surface area contributed by atoms with Crippen LogP contribution in [0.3, 0.4) is 0 Å². The second kappa shape index (κ2) is 16.2. The number of carbonyl (C=O) groups is 5. The Balaban J connectivity index is 1.48. The molecule has 306 valence electrons. The minimum absolute atomic E-state index is 0.310. The molecular formula is C33H44N2O19S. The van der Waals surface area contributed by atoms with Crippen molar-refractivity contribution in [3.63, 3.8) is 0 Å². The lowest BCUT2D eigenvalue weighted by Crippen LogP contribution is -2.74. The van der Waals surface area contributed by atoms with E-state index in [1.807, 2.05) is 0 Å². The van der Waals surface area contributed by atoms with Gasteiger partial charge in [0.15, 0.2) is 17.7 Å². The number of amides is 2. The lowest BCUT2D eigenvalue weighted by molar-refractivity contribution is -0.319. The number of hydrogen-bond acceptors (Lipinski definition) is 19. The number of nitrogens with one attached hydrogen (secondary N) is 2. The van der Waals surface area contributed by atoms with E-state index in [1.54, 1.807) is 0 Å². The number of aromatic hydroxyl groups is 1. The molecule has 4 aliphatic rings. The molecule has 16 atom stereocenters. The summed E-state index contributed by atoms with van der Waals surface area (Å²) in [6.45, 7) is 1.32. The maximum absolute atomic E-state index is 14.4. The number of benzene rings is 1. The topological polar surface area (TPSA) is 360 Å². The van der Waals surface area contributed by atoms with Crippen molar-refractivity contribution in [1.29, 1.82) is 0 Å². The van der Waals surface area contributed by atoms with Crippen LogP contribution in [0.5, 0.6) is 5.75 Å². The van der Waals surface area contributed by atoms with Crippen LogP contribution in [0.2, 0.25) is 0 Å². The van der Waals surface area contributed by atoms with Gasteiger partial charge in [-0.25, -0.2) is 0 Å². The Labute approximate surface area is 315 Å². The normalized spacial score (nSPS) is 40.7. The highest BCUT2D eigenvalue weighted by atomic mass is 32.2. The summed E-state index contributed by atoms with van der Waals surface area (Å²) < 4.78 is 14.5. The van der Waals surface area contributed by atoms with Crippen molar-refractivity contribution in [2.45, 2.75) is 123 Å². The molecule has 0 aromatic heterocycles. The average Bonchev–Trinajstić information content (AvgIpc) is 3.12. The Kier molecular flexibility index (Phi) is 12.6. The highest BCUT2D eigenvalue weighted by Gasteiger charge is 2.70. The van der Waals surface area contributed by atoms with E-state index in [2.05, 4.69) is 10.6 Å². The number of aliphatic carboxylic acids is 1. The highest BCUT2D eigenvalue weighted by molar-refractivity contribution is 8.01. The van der Waals surface area contributed by atoms with Gasteiger partial charge in [-0.3, -0.25) is 24.0 Å². The zero-order valence-corrected chi connectivity index (χ0v) is 30.1. The quantitative estimate of drug-likeness (QED) is 0.0991. The number of aliphatic hydroxyl groups is 9. The van der Waals surface area contributed by atoms with Gasteiger partial charge in [0.2, 0.25) is 17.6 Å². The summed E-state index contributed by atoms with van der Waals surface area (Å²) in [6, 6.07) is 0.0354. The van der Waals surface area contributed by atoms with Crippen molar-refractivity contribution in [1.82, 2.24) is 10.6 Å². The molecule has 21 nitrogen and oxygen atoms in total. The maximum atomic E-state index is 14.4. The van der Waals surface area contributed by atoms with E-state index in [0.29, 0.717) is 11.8 Å². The number of ketones is 2. The third-order valence-electron chi connectivity index (χ3n) is 10.5.